The van der Waals surface area contributed by atoms with Gasteiger partial charge < -0.3 is 14.5 Å². The van der Waals surface area contributed by atoms with Crippen LogP contribution in [0.5, 0.6) is 0 Å². The minimum atomic E-state index is -0.548. The van der Waals surface area contributed by atoms with Gasteiger partial charge in [-0.3, -0.25) is 19.5 Å². The Bertz CT molecular complexity index is 1040. The molecule has 2 saturated heterocycles. The molecule has 0 radical (unpaired) electrons. The number of pyridine rings is 1. The number of likely N-dealkylation sites (tertiary alicyclic amines) is 1. The molecule has 0 saturated carbocycles. The maximum Gasteiger partial charge on any atom is 0.254 e. The van der Waals surface area contributed by atoms with Crippen molar-refractivity contribution in [2.24, 2.45) is 0 Å². The number of fused-ring (bicyclic) bond motifs is 1. The van der Waals surface area contributed by atoms with Crippen molar-refractivity contribution in [2.45, 2.75) is 44.8 Å². The number of hydrogen-bond donors (Lipinski definition) is 0. The second-order valence-electron chi connectivity index (χ2n) is 9.78. The summed E-state index contributed by atoms with van der Waals surface area (Å²) in [5, 5.41) is 0. The lowest BCUT2D eigenvalue weighted by Crippen LogP contribution is -2.77. The van der Waals surface area contributed by atoms with Crippen molar-refractivity contribution in [3.05, 3.63) is 65.0 Å². The number of hydrogen-bond acceptors (Lipinski definition) is 5. The highest BCUT2D eigenvalue weighted by Gasteiger charge is 2.61. The smallest absolute Gasteiger partial charge is 0.254 e. The van der Waals surface area contributed by atoms with Crippen molar-refractivity contribution in [2.75, 3.05) is 39.4 Å². The predicted molar refractivity (Wildman–Crippen MR) is 125 cm³/mol. The lowest BCUT2D eigenvalue weighted by atomic mass is 9.67. The van der Waals surface area contributed by atoms with Crippen LogP contribution in [0.4, 0.5) is 0 Å². The van der Waals surface area contributed by atoms with E-state index < -0.39 is 5.54 Å². The molecule has 3 aliphatic rings. The number of morpholine rings is 1. The van der Waals surface area contributed by atoms with Crippen molar-refractivity contribution in [1.29, 1.82) is 0 Å². The second kappa shape index (κ2) is 8.54. The number of carbonyl (C=O) groups excluding carboxylic acids is 2. The molecule has 5 rings (SSSR count). The molecule has 2 aromatic rings. The van der Waals surface area contributed by atoms with E-state index >= 15 is 0 Å². The van der Waals surface area contributed by atoms with E-state index in [1.807, 2.05) is 53.3 Å². The average Bonchev–Trinajstić information content (AvgIpc) is 2.79. The minimum absolute atomic E-state index is 0.00552. The lowest BCUT2D eigenvalue weighted by molar-refractivity contribution is -0.148. The van der Waals surface area contributed by atoms with E-state index in [0.717, 1.165) is 23.4 Å². The van der Waals surface area contributed by atoms with E-state index in [1.54, 1.807) is 0 Å². The fraction of sp³-hybridized carbons (Fsp3) is 0.500. The molecule has 3 aliphatic heterocycles. The number of ether oxygens (including phenoxy) is 1. The standard InChI is InChI=1S/C26H32N4O3/c1-18(2)30-24(31)22-7-5-4-6-21(22)23(25(32)29-10-12-33-13-11-29)26(30)16-28(17-26)15-20-9-8-19(3)27-14-20/h4-9,14,18,23H,10-13,15-17H2,1-3H3. The first-order chi connectivity index (χ1) is 15.9. The molecule has 1 aromatic heterocycles. The Labute approximate surface area is 195 Å². The first-order valence-corrected chi connectivity index (χ1v) is 11.8. The summed E-state index contributed by atoms with van der Waals surface area (Å²) in [5.41, 5.74) is 3.12. The summed E-state index contributed by atoms with van der Waals surface area (Å²) in [6.07, 6.45) is 1.91. The van der Waals surface area contributed by atoms with E-state index in [2.05, 4.69) is 29.8 Å². The first-order valence-electron chi connectivity index (χ1n) is 11.8. The van der Waals surface area contributed by atoms with Crippen molar-refractivity contribution >= 4 is 11.8 Å². The van der Waals surface area contributed by atoms with Gasteiger partial charge in [-0.25, -0.2) is 0 Å². The molecule has 2 fully saturated rings. The van der Waals surface area contributed by atoms with Crippen molar-refractivity contribution in [3.8, 4) is 0 Å². The van der Waals surface area contributed by atoms with E-state index in [-0.39, 0.29) is 23.8 Å². The SMILES string of the molecule is Cc1ccc(CN2CC3(C2)C(C(=O)N2CCOCC2)c2ccccc2C(=O)N3C(C)C)cn1. The highest BCUT2D eigenvalue weighted by atomic mass is 16.5. The van der Waals surface area contributed by atoms with Crippen LogP contribution in [-0.2, 0) is 16.1 Å². The minimum Gasteiger partial charge on any atom is -0.378 e. The fourth-order valence-corrected chi connectivity index (χ4v) is 5.81. The van der Waals surface area contributed by atoms with Gasteiger partial charge in [0.15, 0.2) is 0 Å². The van der Waals surface area contributed by atoms with Gasteiger partial charge in [-0.05, 0) is 44.0 Å². The Morgan fingerprint density at radius 2 is 1.88 bits per heavy atom. The lowest BCUT2D eigenvalue weighted by Gasteiger charge is -2.62. The van der Waals surface area contributed by atoms with E-state index in [1.165, 1.54) is 0 Å². The topological polar surface area (TPSA) is 66.0 Å². The summed E-state index contributed by atoms with van der Waals surface area (Å²) in [6, 6.07) is 11.8. The molecule has 174 valence electrons. The highest BCUT2D eigenvalue weighted by molar-refractivity contribution is 6.02. The third-order valence-electron chi connectivity index (χ3n) is 7.20. The molecule has 1 spiro atoms. The zero-order valence-electron chi connectivity index (χ0n) is 19.7. The van der Waals surface area contributed by atoms with Crippen LogP contribution < -0.4 is 0 Å². The Kier molecular flexibility index (Phi) is 5.70. The van der Waals surface area contributed by atoms with Crippen LogP contribution in [0, 0.1) is 6.92 Å². The average molecular weight is 449 g/mol. The van der Waals surface area contributed by atoms with Gasteiger partial charge in [0.2, 0.25) is 5.91 Å². The number of aromatic nitrogens is 1. The van der Waals surface area contributed by atoms with Gasteiger partial charge in [0.1, 0.15) is 0 Å². The Morgan fingerprint density at radius 1 is 1.15 bits per heavy atom. The number of carbonyl (C=O) groups is 2. The van der Waals surface area contributed by atoms with Crippen LogP contribution in [0.15, 0.2) is 42.6 Å². The molecular formula is C26H32N4O3. The first kappa shape index (κ1) is 22.0. The highest BCUT2D eigenvalue weighted by Crippen LogP contribution is 2.48. The third kappa shape index (κ3) is 3.73. The quantitative estimate of drug-likeness (QED) is 0.719. The molecule has 1 unspecified atom stereocenters. The van der Waals surface area contributed by atoms with Gasteiger partial charge in [0, 0.05) is 56.2 Å². The van der Waals surface area contributed by atoms with Gasteiger partial charge in [0.05, 0.1) is 24.7 Å². The molecule has 0 bridgehead atoms. The summed E-state index contributed by atoms with van der Waals surface area (Å²) in [4.78, 5) is 38.3. The molecule has 1 atom stereocenters. The maximum absolute atomic E-state index is 14.0. The van der Waals surface area contributed by atoms with Gasteiger partial charge >= 0.3 is 0 Å². The zero-order chi connectivity index (χ0) is 23.2. The molecule has 4 heterocycles. The monoisotopic (exact) mass is 448 g/mol. The van der Waals surface area contributed by atoms with E-state index in [0.29, 0.717) is 45.0 Å². The summed E-state index contributed by atoms with van der Waals surface area (Å²) >= 11 is 0. The number of nitrogens with zero attached hydrogens (tertiary/aromatic N) is 4. The van der Waals surface area contributed by atoms with E-state index in [9.17, 15) is 9.59 Å². The third-order valence-corrected chi connectivity index (χ3v) is 7.20. The van der Waals surface area contributed by atoms with Gasteiger partial charge in [-0.1, -0.05) is 24.3 Å². The maximum atomic E-state index is 14.0. The molecule has 33 heavy (non-hydrogen) atoms. The number of aryl methyl sites for hydroxylation is 1. The Hall–Kier alpha value is -2.77. The van der Waals surface area contributed by atoms with Crippen LogP contribution in [0.1, 0.15) is 46.9 Å². The molecule has 2 amide bonds. The van der Waals surface area contributed by atoms with Crippen molar-refractivity contribution in [1.82, 2.24) is 19.7 Å². The molecule has 1 aromatic carbocycles. The molecule has 7 nitrogen and oxygen atoms in total. The van der Waals surface area contributed by atoms with E-state index in [4.69, 9.17) is 4.74 Å². The second-order valence-corrected chi connectivity index (χ2v) is 9.78. The number of rotatable bonds is 4. The molecule has 0 N–H and O–H groups in total. The van der Waals surface area contributed by atoms with Crippen LogP contribution in [0.25, 0.3) is 0 Å². The summed E-state index contributed by atoms with van der Waals surface area (Å²) in [6.45, 7) is 10.5. The molecular weight excluding hydrogens is 416 g/mol. The van der Waals surface area contributed by atoms with Crippen LogP contribution in [0.2, 0.25) is 0 Å². The fourth-order valence-electron chi connectivity index (χ4n) is 5.81. The number of benzene rings is 1. The molecule has 0 aliphatic carbocycles. The molecule has 7 heteroatoms. The number of amides is 2. The summed E-state index contributed by atoms with van der Waals surface area (Å²) < 4.78 is 5.49. The van der Waals surface area contributed by atoms with Gasteiger partial charge in [0.25, 0.3) is 5.91 Å². The Balaban J connectivity index is 1.51. The van der Waals surface area contributed by atoms with Crippen LogP contribution in [0.3, 0.4) is 0 Å². The summed E-state index contributed by atoms with van der Waals surface area (Å²) in [5.74, 6) is -0.233. The normalized spacial score (nSPS) is 22.4. The zero-order valence-corrected chi connectivity index (χ0v) is 19.7. The van der Waals surface area contributed by atoms with Crippen molar-refractivity contribution in [3.63, 3.8) is 0 Å². The van der Waals surface area contributed by atoms with Crippen molar-refractivity contribution < 1.29 is 14.3 Å². The largest absolute Gasteiger partial charge is 0.378 e. The van der Waals surface area contributed by atoms with Gasteiger partial charge in [-0.15, -0.1) is 0 Å². The Morgan fingerprint density at radius 3 is 2.55 bits per heavy atom. The predicted octanol–water partition coefficient (Wildman–Crippen LogP) is 2.45. The van der Waals surface area contributed by atoms with Crippen LogP contribution in [-0.4, -0.2) is 82.5 Å². The van der Waals surface area contributed by atoms with Gasteiger partial charge in [-0.2, -0.15) is 0 Å². The summed E-state index contributed by atoms with van der Waals surface area (Å²) in [7, 11) is 0. The van der Waals surface area contributed by atoms with Crippen LogP contribution >= 0.6 is 0 Å².